The van der Waals surface area contributed by atoms with E-state index in [0.29, 0.717) is 5.56 Å². The highest BCUT2D eigenvalue weighted by Gasteiger charge is 2.17. The highest BCUT2D eigenvalue weighted by Crippen LogP contribution is 2.28. The Kier molecular flexibility index (Phi) is 4.74. The number of nitrogens with one attached hydrogen (secondary N) is 1. The second-order valence-corrected chi connectivity index (χ2v) is 3.89. The highest BCUT2D eigenvalue weighted by molar-refractivity contribution is 6.34. The monoisotopic (exact) mass is 269 g/mol. The molecule has 5 nitrogen and oxygen atoms in total. The Labute approximate surface area is 109 Å². The van der Waals surface area contributed by atoms with Crippen LogP contribution in [0.15, 0.2) is 24.8 Å². The van der Waals surface area contributed by atoms with Crippen molar-refractivity contribution >= 4 is 29.4 Å². The van der Waals surface area contributed by atoms with Gasteiger partial charge in [0.15, 0.2) is 0 Å². The largest absolute Gasteiger partial charge is 0.478 e. The smallest absolute Gasteiger partial charge is 0.412 e. The fourth-order valence-electron chi connectivity index (χ4n) is 1.31. The van der Waals surface area contributed by atoms with Gasteiger partial charge in [-0.1, -0.05) is 24.3 Å². The molecule has 0 radical (unpaired) electrons. The fourth-order valence-corrected chi connectivity index (χ4v) is 1.63. The molecule has 0 aliphatic heterocycles. The molecule has 18 heavy (non-hydrogen) atoms. The van der Waals surface area contributed by atoms with E-state index >= 15 is 0 Å². The van der Waals surface area contributed by atoms with Gasteiger partial charge in [0, 0.05) is 0 Å². The Morgan fingerprint density at radius 1 is 1.56 bits per heavy atom. The molecule has 6 heteroatoms. The van der Waals surface area contributed by atoms with E-state index < -0.39 is 12.1 Å². The van der Waals surface area contributed by atoms with Gasteiger partial charge in [0.25, 0.3) is 0 Å². The van der Waals surface area contributed by atoms with Crippen LogP contribution < -0.4 is 5.32 Å². The molecule has 0 aliphatic rings. The van der Waals surface area contributed by atoms with Gasteiger partial charge in [-0.15, -0.1) is 0 Å². The van der Waals surface area contributed by atoms with E-state index in [2.05, 4.69) is 11.9 Å². The summed E-state index contributed by atoms with van der Waals surface area (Å²) < 4.78 is 4.70. The number of carbonyl (C=O) groups excluding carboxylic acids is 1. The average molecular weight is 270 g/mol. The van der Waals surface area contributed by atoms with Crippen LogP contribution in [0.25, 0.3) is 0 Å². The summed E-state index contributed by atoms with van der Waals surface area (Å²) in [6.45, 7) is 5.12. The average Bonchev–Trinajstić information content (AvgIpc) is 2.29. The van der Waals surface area contributed by atoms with Gasteiger partial charge in [-0.05, 0) is 24.6 Å². The van der Waals surface area contributed by atoms with Gasteiger partial charge in [0.05, 0.1) is 16.3 Å². The SMILES string of the molecule is C=CCOC(=O)Nc1c(Cl)cc(C)cc1C(=O)O. The molecule has 2 N–H and O–H groups in total. The van der Waals surface area contributed by atoms with Gasteiger partial charge in [-0.25, -0.2) is 9.59 Å². The van der Waals surface area contributed by atoms with Gasteiger partial charge >= 0.3 is 12.1 Å². The third kappa shape index (κ3) is 3.49. The zero-order valence-corrected chi connectivity index (χ0v) is 10.5. The number of carbonyl (C=O) groups is 2. The van der Waals surface area contributed by atoms with E-state index in [-0.39, 0.29) is 22.9 Å². The number of halogens is 1. The van der Waals surface area contributed by atoms with Crippen molar-refractivity contribution in [3.05, 3.63) is 40.9 Å². The number of aromatic carboxylic acids is 1. The number of hydrogen-bond donors (Lipinski definition) is 2. The summed E-state index contributed by atoms with van der Waals surface area (Å²) >= 11 is 5.90. The minimum Gasteiger partial charge on any atom is -0.478 e. The minimum absolute atomic E-state index is 0.0174. The van der Waals surface area contributed by atoms with Crippen LogP contribution in [0.2, 0.25) is 5.02 Å². The van der Waals surface area contributed by atoms with E-state index in [0.717, 1.165) is 0 Å². The van der Waals surface area contributed by atoms with E-state index in [1.165, 1.54) is 12.1 Å². The topological polar surface area (TPSA) is 75.6 Å². The van der Waals surface area contributed by atoms with Gasteiger partial charge in [-0.2, -0.15) is 0 Å². The highest BCUT2D eigenvalue weighted by atomic mass is 35.5. The van der Waals surface area contributed by atoms with Crippen LogP contribution in [0.4, 0.5) is 10.5 Å². The Morgan fingerprint density at radius 3 is 2.78 bits per heavy atom. The summed E-state index contributed by atoms with van der Waals surface area (Å²) in [5.74, 6) is -1.18. The molecule has 0 atom stereocenters. The molecule has 1 amide bonds. The number of amides is 1. The first-order valence-electron chi connectivity index (χ1n) is 5.03. The van der Waals surface area contributed by atoms with Crippen LogP contribution in [0.5, 0.6) is 0 Å². The first kappa shape index (κ1) is 14.1. The fraction of sp³-hybridized carbons (Fsp3) is 0.167. The molecule has 0 bridgehead atoms. The standard InChI is InChI=1S/C12H12ClNO4/c1-3-4-18-12(17)14-10-8(11(15)16)5-7(2)6-9(10)13/h3,5-6H,1,4H2,2H3,(H,14,17)(H,15,16). The van der Waals surface area contributed by atoms with Crippen LogP contribution in [0.1, 0.15) is 15.9 Å². The molecule has 96 valence electrons. The van der Waals surface area contributed by atoms with Gasteiger partial charge < -0.3 is 9.84 Å². The van der Waals surface area contributed by atoms with Crippen molar-refractivity contribution in [2.24, 2.45) is 0 Å². The van der Waals surface area contributed by atoms with Crippen LogP contribution in [0, 0.1) is 6.92 Å². The van der Waals surface area contributed by atoms with Crippen molar-refractivity contribution in [2.75, 3.05) is 11.9 Å². The lowest BCUT2D eigenvalue weighted by atomic mass is 10.1. The maximum atomic E-state index is 11.4. The molecule has 0 saturated heterocycles. The summed E-state index contributed by atoms with van der Waals surface area (Å²) in [5.41, 5.74) is 0.613. The molecule has 1 rings (SSSR count). The summed E-state index contributed by atoms with van der Waals surface area (Å²) in [6.07, 6.45) is 0.609. The third-order valence-corrected chi connectivity index (χ3v) is 2.32. The Balaban J connectivity index is 3.03. The second-order valence-electron chi connectivity index (χ2n) is 3.49. The number of ether oxygens (including phenoxy) is 1. The number of carboxylic acids is 1. The Morgan fingerprint density at radius 2 is 2.22 bits per heavy atom. The molecular weight excluding hydrogens is 258 g/mol. The molecule has 1 aromatic carbocycles. The van der Waals surface area contributed by atoms with Crippen LogP contribution in [-0.2, 0) is 4.74 Å². The number of aryl methyl sites for hydroxylation is 1. The molecule has 0 spiro atoms. The van der Waals surface area contributed by atoms with E-state index in [1.807, 2.05) is 0 Å². The van der Waals surface area contributed by atoms with Crippen LogP contribution in [-0.4, -0.2) is 23.8 Å². The second kappa shape index (κ2) is 6.07. The lowest BCUT2D eigenvalue weighted by Gasteiger charge is -2.11. The van der Waals surface area contributed by atoms with Crippen molar-refractivity contribution < 1.29 is 19.4 Å². The maximum absolute atomic E-state index is 11.4. The molecule has 0 aliphatic carbocycles. The molecular formula is C12H12ClNO4. The van der Waals surface area contributed by atoms with Crippen molar-refractivity contribution in [3.63, 3.8) is 0 Å². The van der Waals surface area contributed by atoms with Crippen molar-refractivity contribution in [2.45, 2.75) is 6.92 Å². The summed E-state index contributed by atoms with van der Waals surface area (Å²) in [6, 6.07) is 2.97. The van der Waals surface area contributed by atoms with E-state index in [1.54, 1.807) is 13.0 Å². The number of rotatable bonds is 4. The molecule has 0 heterocycles. The third-order valence-electron chi connectivity index (χ3n) is 2.02. The van der Waals surface area contributed by atoms with E-state index in [9.17, 15) is 9.59 Å². The normalized spacial score (nSPS) is 9.67. The molecule has 0 saturated carbocycles. The zero-order valence-electron chi connectivity index (χ0n) is 9.70. The predicted molar refractivity (Wildman–Crippen MR) is 68.3 cm³/mol. The minimum atomic E-state index is -1.18. The Bertz CT molecular complexity index is 499. The van der Waals surface area contributed by atoms with E-state index in [4.69, 9.17) is 21.4 Å². The maximum Gasteiger partial charge on any atom is 0.412 e. The first-order valence-corrected chi connectivity index (χ1v) is 5.41. The van der Waals surface area contributed by atoms with Crippen LogP contribution in [0.3, 0.4) is 0 Å². The number of anilines is 1. The molecule has 0 aromatic heterocycles. The molecule has 0 fully saturated rings. The van der Waals surface area contributed by atoms with Gasteiger partial charge in [-0.3, -0.25) is 5.32 Å². The van der Waals surface area contributed by atoms with Crippen LogP contribution >= 0.6 is 11.6 Å². The summed E-state index contributed by atoms with van der Waals surface area (Å²) in [5, 5.41) is 11.5. The zero-order chi connectivity index (χ0) is 13.7. The molecule has 0 unspecified atom stereocenters. The van der Waals surface area contributed by atoms with Crippen molar-refractivity contribution in [1.82, 2.24) is 0 Å². The number of benzene rings is 1. The lowest BCUT2D eigenvalue weighted by molar-refractivity contribution is 0.0698. The van der Waals surface area contributed by atoms with Gasteiger partial charge in [0.2, 0.25) is 0 Å². The lowest BCUT2D eigenvalue weighted by Crippen LogP contribution is -2.16. The number of hydrogen-bond acceptors (Lipinski definition) is 3. The summed E-state index contributed by atoms with van der Waals surface area (Å²) in [7, 11) is 0. The molecule has 1 aromatic rings. The predicted octanol–water partition coefficient (Wildman–Crippen LogP) is 3.08. The first-order chi connectivity index (χ1) is 8.45. The van der Waals surface area contributed by atoms with Crippen molar-refractivity contribution in [1.29, 1.82) is 0 Å². The van der Waals surface area contributed by atoms with Crippen molar-refractivity contribution in [3.8, 4) is 0 Å². The number of carboxylic acid groups (broad SMARTS) is 1. The quantitative estimate of drug-likeness (QED) is 0.824. The van der Waals surface area contributed by atoms with Gasteiger partial charge in [0.1, 0.15) is 6.61 Å². The Hall–Kier alpha value is -2.01. The summed E-state index contributed by atoms with van der Waals surface area (Å²) in [4.78, 5) is 22.4.